The Morgan fingerprint density at radius 2 is 2.05 bits per heavy atom. The van der Waals surface area contributed by atoms with Crippen LogP contribution >= 0.6 is 0 Å². The van der Waals surface area contributed by atoms with Gasteiger partial charge in [-0.15, -0.1) is 0 Å². The number of ether oxygens (including phenoxy) is 1. The lowest BCUT2D eigenvalue weighted by Gasteiger charge is -2.22. The number of fused-ring (bicyclic) bond motifs is 1. The van der Waals surface area contributed by atoms with Crippen molar-refractivity contribution in [3.63, 3.8) is 0 Å². The molecule has 0 radical (unpaired) electrons. The average Bonchev–Trinajstić information content (AvgIpc) is 2.50. The first-order valence-corrected chi connectivity index (χ1v) is 7.01. The van der Waals surface area contributed by atoms with E-state index in [-0.39, 0.29) is 11.7 Å². The van der Waals surface area contributed by atoms with E-state index in [4.69, 9.17) is 10.5 Å². The van der Waals surface area contributed by atoms with Crippen molar-refractivity contribution in [3.05, 3.63) is 59.5 Å². The summed E-state index contributed by atoms with van der Waals surface area (Å²) in [7, 11) is 0. The summed E-state index contributed by atoms with van der Waals surface area (Å²) in [6, 6.07) is 12.6. The number of nitrogens with one attached hydrogen (secondary N) is 1. The number of carbonyl (C=O) groups is 1. The molecule has 0 aromatic heterocycles. The van der Waals surface area contributed by atoms with Crippen LogP contribution in [0.4, 0.5) is 5.69 Å². The Morgan fingerprint density at radius 3 is 2.77 bits per heavy atom. The van der Waals surface area contributed by atoms with Crippen molar-refractivity contribution in [2.75, 3.05) is 5.32 Å². The minimum absolute atomic E-state index is 0.0333. The van der Waals surface area contributed by atoms with E-state index >= 15 is 0 Å². The van der Waals surface area contributed by atoms with Crippen LogP contribution in [-0.2, 0) is 11.2 Å². The van der Waals surface area contributed by atoms with Crippen LogP contribution in [0.25, 0.3) is 0 Å². The van der Waals surface area contributed by atoms with E-state index in [0.29, 0.717) is 23.8 Å². The third-order valence-corrected chi connectivity index (χ3v) is 3.65. The summed E-state index contributed by atoms with van der Waals surface area (Å²) in [6.45, 7) is 1.98. The van der Waals surface area contributed by atoms with Crippen LogP contribution in [0.3, 0.4) is 0 Å². The Hall–Kier alpha value is -2.66. The normalized spacial score (nSPS) is 16.6. The molecular weight excluding hydrogens is 280 g/mol. The van der Waals surface area contributed by atoms with Crippen molar-refractivity contribution in [2.45, 2.75) is 19.6 Å². The van der Waals surface area contributed by atoms with Crippen LogP contribution in [0.1, 0.15) is 11.1 Å². The van der Waals surface area contributed by atoms with Gasteiger partial charge in [0.2, 0.25) is 0 Å². The molecule has 22 heavy (non-hydrogen) atoms. The van der Waals surface area contributed by atoms with E-state index in [1.807, 2.05) is 31.2 Å². The zero-order valence-electron chi connectivity index (χ0n) is 12.2. The van der Waals surface area contributed by atoms with Crippen LogP contribution in [0.2, 0.25) is 0 Å². The topological polar surface area (TPSA) is 84.6 Å². The number of para-hydroxylation sites is 1. The van der Waals surface area contributed by atoms with Crippen molar-refractivity contribution < 1.29 is 14.6 Å². The highest BCUT2D eigenvalue weighted by atomic mass is 16.5. The molecule has 2 aromatic rings. The SMILES string of the molecule is Cc1ccc(NC(=O)[C+]2Cc3cccc(O)c3OC2N)cc1. The van der Waals surface area contributed by atoms with Crippen molar-refractivity contribution in [2.24, 2.45) is 5.73 Å². The Kier molecular flexibility index (Phi) is 3.65. The van der Waals surface area contributed by atoms with Gasteiger partial charge >= 0.3 is 12.1 Å². The molecule has 1 aliphatic heterocycles. The number of hydrogen-bond acceptors (Lipinski definition) is 4. The number of amides is 1. The molecule has 1 heterocycles. The maximum absolute atomic E-state index is 12.4. The lowest BCUT2D eigenvalue weighted by atomic mass is 9.93. The van der Waals surface area contributed by atoms with Crippen molar-refractivity contribution in [3.8, 4) is 11.5 Å². The van der Waals surface area contributed by atoms with Crippen LogP contribution in [-0.4, -0.2) is 17.2 Å². The quantitative estimate of drug-likeness (QED) is 0.741. The highest BCUT2D eigenvalue weighted by Gasteiger charge is 2.45. The number of aromatic hydroxyl groups is 1. The molecule has 5 nitrogen and oxygen atoms in total. The van der Waals surface area contributed by atoms with Crippen LogP contribution in [0.15, 0.2) is 42.5 Å². The molecule has 5 heteroatoms. The van der Waals surface area contributed by atoms with Gasteiger partial charge in [-0.2, -0.15) is 0 Å². The highest BCUT2D eigenvalue weighted by molar-refractivity contribution is 6.02. The lowest BCUT2D eigenvalue weighted by molar-refractivity contribution is -0.116. The molecule has 1 aliphatic rings. The number of benzene rings is 2. The summed E-state index contributed by atoms with van der Waals surface area (Å²) in [5.74, 6) is 0.539. The van der Waals surface area contributed by atoms with Gasteiger partial charge < -0.3 is 9.84 Å². The van der Waals surface area contributed by atoms with E-state index in [1.54, 1.807) is 12.1 Å². The zero-order valence-corrected chi connectivity index (χ0v) is 12.2. The number of carbonyl (C=O) groups excluding carboxylic acids is 1. The summed E-state index contributed by atoms with van der Waals surface area (Å²) < 4.78 is 5.48. The number of anilines is 1. The molecule has 1 unspecified atom stereocenters. The molecule has 4 N–H and O–H groups in total. The van der Waals surface area contributed by atoms with Crippen LogP contribution < -0.4 is 15.8 Å². The van der Waals surface area contributed by atoms with Gasteiger partial charge in [0, 0.05) is 11.3 Å². The number of phenols is 1. The van der Waals surface area contributed by atoms with Crippen molar-refractivity contribution >= 4 is 11.6 Å². The number of phenolic OH excluding ortho intramolecular Hbond substituents is 1. The molecule has 0 bridgehead atoms. The maximum Gasteiger partial charge on any atom is 0.415 e. The third-order valence-electron chi connectivity index (χ3n) is 3.65. The fraction of sp³-hybridized carbons (Fsp3) is 0.176. The number of hydrogen-bond donors (Lipinski definition) is 3. The van der Waals surface area contributed by atoms with E-state index < -0.39 is 6.23 Å². The predicted molar refractivity (Wildman–Crippen MR) is 83.5 cm³/mol. The highest BCUT2D eigenvalue weighted by Crippen LogP contribution is 2.37. The first-order valence-electron chi connectivity index (χ1n) is 7.01. The molecule has 0 saturated carbocycles. The fourth-order valence-electron chi connectivity index (χ4n) is 2.41. The van der Waals surface area contributed by atoms with Crippen LogP contribution in [0, 0.1) is 12.8 Å². The zero-order chi connectivity index (χ0) is 15.7. The van der Waals surface area contributed by atoms with E-state index in [1.165, 1.54) is 6.07 Å². The van der Waals surface area contributed by atoms with Gasteiger partial charge in [-0.3, -0.25) is 11.1 Å². The molecule has 1 amide bonds. The summed E-state index contributed by atoms with van der Waals surface area (Å²) in [5.41, 5.74) is 8.48. The summed E-state index contributed by atoms with van der Waals surface area (Å²) >= 11 is 0. The van der Waals surface area contributed by atoms with E-state index in [0.717, 1.165) is 11.1 Å². The first kappa shape index (κ1) is 14.3. The van der Waals surface area contributed by atoms with Gasteiger partial charge in [-0.1, -0.05) is 29.8 Å². The lowest BCUT2D eigenvalue weighted by Crippen LogP contribution is -2.44. The van der Waals surface area contributed by atoms with Crippen LogP contribution in [0.5, 0.6) is 11.5 Å². The molecule has 0 spiro atoms. The number of nitrogens with two attached hydrogens (primary N) is 1. The summed E-state index contributed by atoms with van der Waals surface area (Å²) in [5, 5.41) is 12.6. The number of aryl methyl sites for hydroxylation is 1. The molecule has 0 saturated heterocycles. The molecule has 1 atom stereocenters. The molecule has 0 aliphatic carbocycles. The maximum atomic E-state index is 12.4. The standard InChI is InChI=1S/C17H16N2O3/c1-10-5-7-12(8-6-10)19-17(21)13-9-11-3-2-4-14(20)15(11)22-16(13)18/h2-8,16H,9,18H2,1H3,(H-,19,20,21)/p+1. The average molecular weight is 297 g/mol. The second kappa shape index (κ2) is 5.61. The Bertz CT molecular complexity index is 698. The number of rotatable bonds is 2. The predicted octanol–water partition coefficient (Wildman–Crippen LogP) is 2.13. The van der Waals surface area contributed by atoms with Gasteiger partial charge in [0.15, 0.2) is 11.5 Å². The molecule has 2 aromatic carbocycles. The second-order valence-electron chi connectivity index (χ2n) is 5.33. The van der Waals surface area contributed by atoms with Gasteiger partial charge in [0.25, 0.3) is 5.92 Å². The Balaban J connectivity index is 1.77. The second-order valence-corrected chi connectivity index (χ2v) is 5.33. The third kappa shape index (κ3) is 2.71. The monoisotopic (exact) mass is 297 g/mol. The van der Waals surface area contributed by atoms with E-state index in [2.05, 4.69) is 5.32 Å². The summed E-state index contributed by atoms with van der Waals surface area (Å²) in [6.07, 6.45) is -0.519. The van der Waals surface area contributed by atoms with Crippen molar-refractivity contribution in [1.82, 2.24) is 0 Å². The Labute approximate surface area is 128 Å². The van der Waals surface area contributed by atoms with Gasteiger partial charge in [0.05, 0.1) is 0 Å². The summed E-state index contributed by atoms with van der Waals surface area (Å²) in [4.78, 5) is 12.4. The molecule has 0 fully saturated rings. The molecular formula is C17H17N2O3+. The molecule has 112 valence electrons. The largest absolute Gasteiger partial charge is 0.504 e. The minimum atomic E-state index is -0.869. The first-order chi connectivity index (χ1) is 10.5. The van der Waals surface area contributed by atoms with Gasteiger partial charge in [0.1, 0.15) is 6.42 Å². The Morgan fingerprint density at radius 1 is 1.32 bits per heavy atom. The molecule has 3 rings (SSSR count). The minimum Gasteiger partial charge on any atom is -0.504 e. The van der Waals surface area contributed by atoms with Gasteiger partial charge in [-0.05, 0) is 25.1 Å². The fourth-order valence-corrected chi connectivity index (χ4v) is 2.41. The smallest absolute Gasteiger partial charge is 0.415 e. The van der Waals surface area contributed by atoms with Crippen molar-refractivity contribution in [1.29, 1.82) is 0 Å². The van der Waals surface area contributed by atoms with E-state index in [9.17, 15) is 9.90 Å². The van der Waals surface area contributed by atoms with Gasteiger partial charge in [-0.25, -0.2) is 4.79 Å².